The molecule has 0 unspecified atom stereocenters. The first-order valence-corrected chi connectivity index (χ1v) is 2.35. The van der Waals surface area contributed by atoms with Crippen molar-refractivity contribution in [1.29, 1.82) is 0 Å². The van der Waals surface area contributed by atoms with E-state index in [1.165, 1.54) is 0 Å². The molecule has 0 amide bonds. The second-order valence-corrected chi connectivity index (χ2v) is 1.54. The van der Waals surface area contributed by atoms with Gasteiger partial charge in [0.1, 0.15) is 0 Å². The van der Waals surface area contributed by atoms with Crippen LogP contribution in [0.5, 0.6) is 0 Å². The molecule has 0 radical (unpaired) electrons. The van der Waals surface area contributed by atoms with Gasteiger partial charge < -0.3 is 14.7 Å². The van der Waals surface area contributed by atoms with E-state index in [0.29, 0.717) is 0 Å². The topological polar surface area (TPSA) is 77.8 Å². The fraction of sp³-hybridized carbons (Fsp3) is 0. The molecule has 0 aliphatic heterocycles. The van der Waals surface area contributed by atoms with Crippen molar-refractivity contribution in [1.82, 2.24) is 0 Å². The second kappa shape index (κ2) is 13.0. The van der Waals surface area contributed by atoms with E-state index in [1.54, 1.807) is 0 Å². The Hall–Kier alpha value is 2.38. The van der Waals surface area contributed by atoms with Crippen molar-refractivity contribution in [2.75, 3.05) is 0 Å². The first-order valence-electron chi connectivity index (χ1n) is 0.783. The molecular weight excluding hydrogens is 208 g/mol. The average Bonchev–Trinajstić information content (AvgIpc) is 0.722. The molecule has 4 nitrogen and oxygen atoms in total. The summed E-state index contributed by atoms with van der Waals surface area (Å²) in [5, 5.41) is 0. The average molecular weight is 221 g/mol. The van der Waals surface area contributed by atoms with E-state index in [2.05, 4.69) is 0 Å². The van der Waals surface area contributed by atoms with E-state index in [0.717, 1.165) is 0 Å². The zero-order valence-electron chi connectivity index (χ0n) is 2.20. The third-order valence-electron chi connectivity index (χ3n) is 0. The fourth-order valence-electron chi connectivity index (χ4n) is 0. The zero-order chi connectivity index (χ0) is 4.50. The van der Waals surface area contributed by atoms with E-state index in [-0.39, 0.29) is 72.7 Å². The molecule has 0 saturated carbocycles. The Balaban J connectivity index is -0.0000000133. The van der Waals surface area contributed by atoms with Crippen LogP contribution in [-0.2, 0) is 4.57 Å². The predicted octanol–water partition coefficient (Wildman–Crippen LogP) is -4.86. The summed E-state index contributed by atoms with van der Waals surface area (Å²) < 4.78 is 8.88. The number of hydrogen-bond acceptors (Lipinski definition) is 1. The van der Waals surface area contributed by atoms with Gasteiger partial charge in [-0.15, -0.1) is 0 Å². The van der Waals surface area contributed by atoms with Crippen molar-refractivity contribution < 1.29 is 19.2 Å². The summed E-state index contributed by atoms with van der Waals surface area (Å²) in [7, 11) is -4.64. The fourth-order valence-corrected chi connectivity index (χ4v) is 0. The zero-order valence-corrected chi connectivity index (χ0v) is 3.09. The first kappa shape index (κ1) is 30.1. The van der Waals surface area contributed by atoms with Gasteiger partial charge in [-0.25, -0.2) is 4.57 Å². The summed E-state index contributed by atoms with van der Waals surface area (Å²) in [6.07, 6.45) is 0. The van der Waals surface area contributed by atoms with Crippen LogP contribution in [0.3, 0.4) is 0 Å². The van der Waals surface area contributed by atoms with Crippen LogP contribution in [0.4, 0.5) is 0 Å². The molecule has 50 valence electrons. The third-order valence-corrected chi connectivity index (χ3v) is 0. The molecule has 0 aromatic carbocycles. The van der Waals surface area contributed by atoms with Crippen molar-refractivity contribution in [3.63, 3.8) is 0 Å². The minimum atomic E-state index is -4.64. The Morgan fingerprint density at radius 2 is 1.00 bits per heavy atom. The van der Waals surface area contributed by atoms with Crippen LogP contribution >= 0.6 is 7.82 Å². The van der Waals surface area contributed by atoms with Crippen LogP contribution in [0.2, 0.25) is 0 Å². The summed E-state index contributed by atoms with van der Waals surface area (Å²) >= 11 is 0. The van der Waals surface area contributed by atoms with E-state index in [1.807, 2.05) is 0 Å². The monoisotopic (exact) mass is 222 g/mol. The van der Waals surface area contributed by atoms with Gasteiger partial charge in [0.15, 0.2) is 17.4 Å². The maximum absolute atomic E-state index is 8.88. The second-order valence-electron chi connectivity index (χ2n) is 0.513. The van der Waals surface area contributed by atoms with Gasteiger partial charge in [-0.05, 0) is 0 Å². The van der Waals surface area contributed by atoms with Gasteiger partial charge in [0.25, 0.3) is 0 Å². The van der Waals surface area contributed by atoms with Crippen LogP contribution in [0, 0.1) is 0 Å². The molecule has 0 heterocycles. The van der Waals surface area contributed by atoms with Gasteiger partial charge in [-0.1, -0.05) is 0 Å². The SMILES string of the molecule is O=P(O)(O)O.[AlH3].[GeH4].[LiH].[LiH]. The molecule has 0 aromatic heterocycles. The van der Waals surface area contributed by atoms with Crippen LogP contribution < -0.4 is 0 Å². The van der Waals surface area contributed by atoms with Crippen LogP contribution in [0.1, 0.15) is 0 Å². The van der Waals surface area contributed by atoms with Gasteiger partial charge in [-0.2, -0.15) is 0 Å². The molecule has 9 heavy (non-hydrogen) atoms. The molecule has 0 saturated heterocycles. The van der Waals surface area contributed by atoms with Gasteiger partial charge in [0.05, 0.1) is 0 Å². The van der Waals surface area contributed by atoms with Crippen molar-refractivity contribution in [3.05, 3.63) is 0 Å². The Bertz CT molecular complexity index is 64.7. The van der Waals surface area contributed by atoms with Crippen LogP contribution in [0.15, 0.2) is 0 Å². The molecule has 0 bridgehead atoms. The van der Waals surface area contributed by atoms with Gasteiger partial charge in [0, 0.05) is 0 Å². The van der Waals surface area contributed by atoms with Crippen LogP contribution in [-0.4, -0.2) is 87.4 Å². The molecule has 3 N–H and O–H groups in total. The minimum absolute atomic E-state index is 0. The van der Waals surface area contributed by atoms with Gasteiger partial charge in [-0.3, -0.25) is 0 Å². The molecule has 9 heteroatoms. The number of rotatable bonds is 0. The Morgan fingerprint density at radius 1 is 1.00 bits per heavy atom. The van der Waals surface area contributed by atoms with Crippen LogP contribution in [0.25, 0.3) is 0 Å². The first-order chi connectivity index (χ1) is 2.00. The summed E-state index contributed by atoms with van der Waals surface area (Å²) in [6, 6.07) is 0. The molecule has 0 aromatic rings. The normalized spacial score (nSPS) is 6.56. The molecule has 0 spiro atoms. The molecular formula is H12AlGeLi2O4P. The summed E-state index contributed by atoms with van der Waals surface area (Å²) in [6.45, 7) is 0. The van der Waals surface area contributed by atoms with Crippen molar-refractivity contribution in [2.45, 2.75) is 0 Å². The van der Waals surface area contributed by atoms with E-state index >= 15 is 0 Å². The van der Waals surface area contributed by atoms with Crippen molar-refractivity contribution in [3.8, 4) is 0 Å². The van der Waals surface area contributed by atoms with E-state index in [9.17, 15) is 0 Å². The third kappa shape index (κ3) is 129. The molecule has 0 atom stereocenters. The summed E-state index contributed by atoms with van der Waals surface area (Å²) in [5.41, 5.74) is 0. The van der Waals surface area contributed by atoms with E-state index in [4.69, 9.17) is 19.2 Å². The Labute approximate surface area is 98.9 Å². The van der Waals surface area contributed by atoms with Gasteiger partial charge >= 0.3 is 63.1 Å². The Morgan fingerprint density at radius 3 is 1.00 bits per heavy atom. The number of phosphoric acid groups is 1. The standard InChI is InChI=1S/Al.GeH4.2Li.H3O4P.5H/c;;;;1-5(2,3)4;;;;;/h;1H4;;;(H3,1,2,3,4);;;;;. The molecule has 0 aliphatic rings. The van der Waals surface area contributed by atoms with Crippen molar-refractivity contribution >= 4 is 80.5 Å². The predicted molar refractivity (Wildman–Crippen MR) is 49.8 cm³/mol. The maximum atomic E-state index is 8.88. The summed E-state index contributed by atoms with van der Waals surface area (Å²) in [5.74, 6) is 0. The quantitative estimate of drug-likeness (QED) is 0.283. The molecule has 0 fully saturated rings. The summed E-state index contributed by atoms with van der Waals surface area (Å²) in [4.78, 5) is 21.6. The van der Waals surface area contributed by atoms with Gasteiger partial charge in [0.2, 0.25) is 0 Å². The molecule has 0 rings (SSSR count). The Kier molecular flexibility index (Phi) is 43.5. The number of hydrogen-bond donors (Lipinski definition) is 3. The molecule has 0 aliphatic carbocycles. The van der Waals surface area contributed by atoms with E-state index < -0.39 is 7.82 Å². The van der Waals surface area contributed by atoms with Crippen molar-refractivity contribution in [2.24, 2.45) is 0 Å².